The van der Waals surface area contributed by atoms with Crippen molar-refractivity contribution >= 4 is 70.8 Å². The Morgan fingerprint density at radius 3 is 2.06 bits per heavy atom. The van der Waals surface area contributed by atoms with Gasteiger partial charge in [0.1, 0.15) is 0 Å². The molecule has 8 rings (SSSR count). The molecule has 166 valence electrons. The van der Waals surface area contributed by atoms with Crippen molar-refractivity contribution in [2.75, 3.05) is 0 Å². The monoisotopic (exact) mass is 566 g/mol. The Morgan fingerprint density at radius 1 is 0.629 bits per heavy atom. The van der Waals surface area contributed by atoms with Gasteiger partial charge < -0.3 is 0 Å². The van der Waals surface area contributed by atoms with Crippen LogP contribution in [0.5, 0.6) is 0 Å². The lowest BCUT2D eigenvalue weighted by atomic mass is 9.67. The summed E-state index contributed by atoms with van der Waals surface area (Å²) in [7, 11) is 0. The summed E-state index contributed by atoms with van der Waals surface area (Å²) in [5.41, 5.74) is 7.76. The predicted octanol–water partition coefficient (Wildman–Crippen LogP) is 10.3. The molecule has 0 N–H and O–H groups in total. The molecule has 0 radical (unpaired) electrons. The third-order valence-electron chi connectivity index (χ3n) is 7.49. The number of rotatable bonds is 0. The summed E-state index contributed by atoms with van der Waals surface area (Å²) in [6.45, 7) is 0. The summed E-state index contributed by atoms with van der Waals surface area (Å²) >= 11 is 14.1. The van der Waals surface area contributed by atoms with Crippen molar-refractivity contribution in [1.82, 2.24) is 0 Å². The van der Waals surface area contributed by atoms with E-state index < -0.39 is 0 Å². The van der Waals surface area contributed by atoms with Gasteiger partial charge in [-0.25, -0.2) is 0 Å². The molecule has 1 spiro atoms. The Kier molecular flexibility index (Phi) is 4.26. The number of thiophene rings is 1. The van der Waals surface area contributed by atoms with E-state index in [2.05, 4.69) is 107 Å². The number of fused-ring (bicyclic) bond motifs is 13. The van der Waals surface area contributed by atoms with Crippen molar-refractivity contribution in [1.29, 1.82) is 0 Å². The van der Waals surface area contributed by atoms with E-state index in [1.54, 1.807) is 0 Å². The third-order valence-corrected chi connectivity index (χ3v) is 11.2. The van der Waals surface area contributed by atoms with Crippen LogP contribution in [0.4, 0.5) is 0 Å². The van der Waals surface area contributed by atoms with Crippen molar-refractivity contribution < 1.29 is 0 Å². The molecule has 6 aromatic rings. The van der Waals surface area contributed by atoms with Crippen molar-refractivity contribution in [3.63, 3.8) is 0 Å². The van der Waals surface area contributed by atoms with E-state index in [-0.39, 0.29) is 5.41 Å². The van der Waals surface area contributed by atoms with Crippen LogP contribution in [-0.4, -0.2) is 0 Å². The highest BCUT2D eigenvalue weighted by atomic mass is 79.9. The lowest BCUT2D eigenvalue weighted by Gasteiger charge is -2.40. The van der Waals surface area contributed by atoms with Gasteiger partial charge in [0.05, 0.1) is 5.41 Å². The highest BCUT2D eigenvalue weighted by molar-refractivity contribution is 9.10. The van der Waals surface area contributed by atoms with Crippen LogP contribution in [0.25, 0.3) is 31.3 Å². The van der Waals surface area contributed by atoms with Gasteiger partial charge in [0, 0.05) is 39.5 Å². The molecule has 0 saturated carbocycles. The van der Waals surface area contributed by atoms with Crippen molar-refractivity contribution in [3.05, 3.63) is 129 Å². The predicted molar refractivity (Wildman–Crippen MR) is 153 cm³/mol. The average Bonchev–Trinajstić information content (AvgIpc) is 3.39. The fourth-order valence-corrected chi connectivity index (χ4v) is 9.67. The quantitative estimate of drug-likeness (QED) is 0.176. The molecule has 0 fully saturated rings. The first-order valence-electron chi connectivity index (χ1n) is 11.5. The maximum atomic E-state index is 6.38. The summed E-state index contributed by atoms with van der Waals surface area (Å²) < 4.78 is 3.72. The Bertz CT molecular complexity index is 1820. The van der Waals surface area contributed by atoms with Gasteiger partial charge >= 0.3 is 0 Å². The molecular formula is C31H16BrClS2. The molecule has 1 aromatic heterocycles. The fourth-order valence-electron chi connectivity index (χ4n) is 6.16. The number of hydrogen-bond acceptors (Lipinski definition) is 2. The fraction of sp³-hybridized carbons (Fsp3) is 0.0323. The van der Waals surface area contributed by atoms with Gasteiger partial charge in [-0.1, -0.05) is 102 Å². The molecule has 0 saturated heterocycles. The van der Waals surface area contributed by atoms with E-state index in [4.69, 9.17) is 11.6 Å². The van der Waals surface area contributed by atoms with E-state index in [0.29, 0.717) is 0 Å². The average molecular weight is 568 g/mol. The Labute approximate surface area is 224 Å². The SMILES string of the molecule is Clc1ccc2c(c1)sc1c3c(ccc12)C1(c2ccccc2-c2ccccc21)c1cccc(Br)c1S3. The van der Waals surface area contributed by atoms with Crippen LogP contribution < -0.4 is 0 Å². The molecule has 0 amide bonds. The van der Waals surface area contributed by atoms with Crippen molar-refractivity contribution in [2.45, 2.75) is 15.2 Å². The van der Waals surface area contributed by atoms with Crippen LogP contribution in [0.2, 0.25) is 5.02 Å². The van der Waals surface area contributed by atoms with Crippen LogP contribution in [-0.2, 0) is 5.41 Å². The van der Waals surface area contributed by atoms with Crippen molar-refractivity contribution in [3.8, 4) is 11.1 Å². The normalized spacial score (nSPS) is 14.7. The molecule has 0 atom stereocenters. The van der Waals surface area contributed by atoms with Gasteiger partial charge in [-0.05, 0) is 67.5 Å². The lowest BCUT2D eigenvalue weighted by molar-refractivity contribution is 0.724. The summed E-state index contributed by atoms with van der Waals surface area (Å²) in [4.78, 5) is 2.65. The van der Waals surface area contributed by atoms with Crippen LogP contribution in [0, 0.1) is 0 Å². The number of halogens is 2. The minimum Gasteiger partial charge on any atom is -0.134 e. The Morgan fingerprint density at radius 2 is 1.29 bits per heavy atom. The maximum absolute atomic E-state index is 6.38. The third kappa shape index (κ3) is 2.55. The van der Waals surface area contributed by atoms with E-state index in [1.165, 1.54) is 63.3 Å². The highest BCUT2D eigenvalue weighted by Crippen LogP contribution is 2.64. The highest BCUT2D eigenvalue weighted by Gasteiger charge is 2.50. The van der Waals surface area contributed by atoms with Crippen LogP contribution in [0.1, 0.15) is 22.3 Å². The second-order valence-electron chi connectivity index (χ2n) is 9.12. The second kappa shape index (κ2) is 7.24. The zero-order valence-corrected chi connectivity index (χ0v) is 22.3. The molecule has 0 bridgehead atoms. The van der Waals surface area contributed by atoms with Gasteiger partial charge in [0.25, 0.3) is 0 Å². The maximum Gasteiger partial charge on any atom is 0.0736 e. The summed E-state index contributed by atoms with van der Waals surface area (Å²) in [6.07, 6.45) is 0. The first-order valence-corrected chi connectivity index (χ1v) is 14.3. The summed E-state index contributed by atoms with van der Waals surface area (Å²) in [5.74, 6) is 0. The zero-order valence-electron chi connectivity index (χ0n) is 18.3. The minimum atomic E-state index is -0.352. The summed E-state index contributed by atoms with van der Waals surface area (Å²) in [5, 5.41) is 3.36. The molecule has 2 heterocycles. The first-order chi connectivity index (χ1) is 17.2. The number of benzene rings is 5. The van der Waals surface area contributed by atoms with Gasteiger partial charge in [0.2, 0.25) is 0 Å². The second-order valence-corrected chi connectivity index (χ2v) is 12.5. The molecule has 35 heavy (non-hydrogen) atoms. The molecule has 1 aliphatic carbocycles. The van der Waals surface area contributed by atoms with Crippen molar-refractivity contribution in [2.24, 2.45) is 0 Å². The molecule has 0 nitrogen and oxygen atoms in total. The largest absolute Gasteiger partial charge is 0.134 e. The minimum absolute atomic E-state index is 0.352. The van der Waals surface area contributed by atoms with E-state index >= 15 is 0 Å². The van der Waals surface area contributed by atoms with E-state index in [0.717, 1.165) is 9.50 Å². The summed E-state index contributed by atoms with van der Waals surface area (Å²) in [6, 6.07) is 35.6. The molecule has 0 unspecified atom stereocenters. The Hall–Kier alpha value is -2.56. The molecule has 4 heteroatoms. The van der Waals surface area contributed by atoms with Crippen LogP contribution >= 0.6 is 50.6 Å². The zero-order chi connectivity index (χ0) is 23.3. The standard InChI is InChI=1S/C31H16BrClS2/c32-26-11-5-10-24-29(26)35-30-25(15-14-21-20-13-12-17(33)16-27(20)34-28(21)30)31(24)22-8-3-1-6-18(22)19-7-2-4-9-23(19)31/h1-16H. The van der Waals surface area contributed by atoms with E-state index in [9.17, 15) is 0 Å². The van der Waals surface area contributed by atoms with Gasteiger partial charge in [0.15, 0.2) is 0 Å². The van der Waals surface area contributed by atoms with Crippen LogP contribution in [0.15, 0.2) is 111 Å². The molecular weight excluding hydrogens is 552 g/mol. The molecule has 2 aliphatic rings. The van der Waals surface area contributed by atoms with Crippen LogP contribution in [0.3, 0.4) is 0 Å². The van der Waals surface area contributed by atoms with Gasteiger partial charge in [-0.2, -0.15) is 0 Å². The topological polar surface area (TPSA) is 0 Å². The van der Waals surface area contributed by atoms with Gasteiger partial charge in [-0.15, -0.1) is 11.3 Å². The van der Waals surface area contributed by atoms with Gasteiger partial charge in [-0.3, -0.25) is 0 Å². The Balaban J connectivity index is 1.59. The first kappa shape index (κ1) is 20.6. The molecule has 1 aliphatic heterocycles. The smallest absolute Gasteiger partial charge is 0.0736 e. The number of hydrogen-bond donors (Lipinski definition) is 0. The molecule has 5 aromatic carbocycles. The lowest BCUT2D eigenvalue weighted by Crippen LogP contribution is -2.32. The van der Waals surface area contributed by atoms with E-state index in [1.807, 2.05) is 29.2 Å².